The Labute approximate surface area is 134 Å². The summed E-state index contributed by atoms with van der Waals surface area (Å²) in [5.74, 6) is 0.818. The van der Waals surface area contributed by atoms with Crippen LogP contribution in [0.5, 0.6) is 5.75 Å². The zero-order chi connectivity index (χ0) is 15.6. The summed E-state index contributed by atoms with van der Waals surface area (Å²) in [4.78, 5) is 15.6. The highest BCUT2D eigenvalue weighted by molar-refractivity contribution is 5.81. The van der Waals surface area contributed by atoms with Gasteiger partial charge < -0.3 is 15.0 Å². The van der Waals surface area contributed by atoms with Gasteiger partial charge in [-0.15, -0.1) is 0 Å². The maximum Gasteiger partial charge on any atom is 0.227 e. The Morgan fingerprint density at radius 3 is 3.09 bits per heavy atom. The van der Waals surface area contributed by atoms with Crippen LogP contribution in [-0.2, 0) is 17.8 Å². The van der Waals surface area contributed by atoms with Crippen LogP contribution in [0.2, 0.25) is 0 Å². The normalized spacial score (nSPS) is 16.6. The molecule has 23 heavy (non-hydrogen) atoms. The molecule has 0 saturated carbocycles. The summed E-state index contributed by atoms with van der Waals surface area (Å²) >= 11 is 0. The van der Waals surface area contributed by atoms with E-state index in [1.165, 1.54) is 5.39 Å². The molecule has 0 spiro atoms. The Morgan fingerprint density at radius 2 is 2.13 bits per heavy atom. The molecular formula is C19H18N2O2. The van der Waals surface area contributed by atoms with Crippen LogP contribution >= 0.6 is 0 Å². The van der Waals surface area contributed by atoms with Crippen molar-refractivity contribution in [2.24, 2.45) is 5.92 Å². The van der Waals surface area contributed by atoms with E-state index in [4.69, 9.17) is 4.74 Å². The average molecular weight is 306 g/mol. The molecule has 1 aliphatic rings. The summed E-state index contributed by atoms with van der Waals surface area (Å²) in [6, 6.07) is 16.1. The van der Waals surface area contributed by atoms with Gasteiger partial charge in [0.15, 0.2) is 0 Å². The number of fused-ring (bicyclic) bond motifs is 2. The number of aromatic amines is 1. The molecule has 1 amide bonds. The molecule has 4 heteroatoms. The lowest BCUT2D eigenvalue weighted by Gasteiger charge is -2.24. The van der Waals surface area contributed by atoms with Crippen LogP contribution in [0.15, 0.2) is 54.7 Å². The molecule has 1 unspecified atom stereocenters. The summed E-state index contributed by atoms with van der Waals surface area (Å²) < 4.78 is 5.69. The van der Waals surface area contributed by atoms with Gasteiger partial charge in [0.05, 0.1) is 5.92 Å². The third kappa shape index (κ3) is 2.80. The smallest absolute Gasteiger partial charge is 0.227 e. The lowest BCUT2D eigenvalue weighted by atomic mass is 9.96. The predicted molar refractivity (Wildman–Crippen MR) is 89.3 cm³/mol. The quantitative estimate of drug-likeness (QED) is 0.781. The Bertz CT molecular complexity index is 853. The fourth-order valence-corrected chi connectivity index (χ4v) is 3.03. The molecule has 1 aromatic heterocycles. The standard InChI is InChI=1S/C19H18N2O2/c22-19(16-10-15-3-1-2-4-18(15)23-12-16)21-11-13-5-6-14-7-8-20-17(14)9-13/h1-9,16,20H,10-12H2,(H,21,22). The molecule has 2 N–H and O–H groups in total. The second-order valence-corrected chi connectivity index (χ2v) is 5.94. The molecule has 4 nitrogen and oxygen atoms in total. The highest BCUT2D eigenvalue weighted by Gasteiger charge is 2.25. The molecule has 1 atom stereocenters. The molecule has 1 aliphatic heterocycles. The van der Waals surface area contributed by atoms with Crippen LogP contribution in [0.25, 0.3) is 10.9 Å². The SMILES string of the molecule is O=C(NCc1ccc2cc[nH]c2c1)C1COc2ccccc2C1. The summed E-state index contributed by atoms with van der Waals surface area (Å²) in [6.07, 6.45) is 2.65. The minimum absolute atomic E-state index is 0.0473. The van der Waals surface area contributed by atoms with Crippen molar-refractivity contribution in [2.45, 2.75) is 13.0 Å². The number of para-hydroxylation sites is 1. The number of hydrogen-bond donors (Lipinski definition) is 2. The largest absolute Gasteiger partial charge is 0.492 e. The van der Waals surface area contributed by atoms with Gasteiger partial charge in [-0.1, -0.05) is 30.3 Å². The number of ether oxygens (including phenoxy) is 1. The predicted octanol–water partition coefficient (Wildman–Crippen LogP) is 3.04. The zero-order valence-electron chi connectivity index (χ0n) is 12.7. The Hall–Kier alpha value is -2.75. The third-order valence-electron chi connectivity index (χ3n) is 4.34. The number of carbonyl (C=O) groups is 1. The van der Waals surface area contributed by atoms with Crippen molar-refractivity contribution in [3.8, 4) is 5.75 Å². The van der Waals surface area contributed by atoms with E-state index in [0.29, 0.717) is 13.2 Å². The van der Waals surface area contributed by atoms with Crippen molar-refractivity contribution in [1.29, 1.82) is 0 Å². The summed E-state index contributed by atoms with van der Waals surface area (Å²) in [6.45, 7) is 0.977. The van der Waals surface area contributed by atoms with E-state index in [0.717, 1.165) is 28.8 Å². The van der Waals surface area contributed by atoms with Crippen LogP contribution in [-0.4, -0.2) is 17.5 Å². The number of nitrogens with one attached hydrogen (secondary N) is 2. The summed E-state index contributed by atoms with van der Waals surface area (Å²) in [5.41, 5.74) is 3.28. The average Bonchev–Trinajstić information content (AvgIpc) is 3.07. The Morgan fingerprint density at radius 1 is 1.22 bits per heavy atom. The van der Waals surface area contributed by atoms with E-state index in [1.807, 2.05) is 42.6 Å². The molecule has 0 saturated heterocycles. The van der Waals surface area contributed by atoms with Crippen LogP contribution < -0.4 is 10.1 Å². The Kier molecular flexibility index (Phi) is 3.50. The molecule has 4 rings (SSSR count). The van der Waals surface area contributed by atoms with E-state index in [1.54, 1.807) is 0 Å². The number of rotatable bonds is 3. The monoisotopic (exact) mass is 306 g/mol. The lowest BCUT2D eigenvalue weighted by Crippen LogP contribution is -2.37. The first-order chi connectivity index (χ1) is 11.3. The minimum Gasteiger partial charge on any atom is -0.492 e. The van der Waals surface area contributed by atoms with Gasteiger partial charge in [-0.2, -0.15) is 0 Å². The van der Waals surface area contributed by atoms with Crippen molar-refractivity contribution in [3.05, 3.63) is 65.9 Å². The maximum absolute atomic E-state index is 12.4. The van der Waals surface area contributed by atoms with Gasteiger partial charge in [0.1, 0.15) is 12.4 Å². The molecule has 2 heterocycles. The van der Waals surface area contributed by atoms with Crippen molar-refractivity contribution >= 4 is 16.8 Å². The number of hydrogen-bond acceptors (Lipinski definition) is 2. The molecule has 3 aromatic rings. The van der Waals surface area contributed by atoms with Crippen LogP contribution in [0.4, 0.5) is 0 Å². The van der Waals surface area contributed by atoms with Crippen LogP contribution in [0.3, 0.4) is 0 Å². The molecule has 0 radical (unpaired) electrons. The number of aromatic nitrogens is 1. The van der Waals surface area contributed by atoms with Gasteiger partial charge in [0, 0.05) is 18.3 Å². The van der Waals surface area contributed by atoms with Gasteiger partial charge >= 0.3 is 0 Å². The highest BCUT2D eigenvalue weighted by Crippen LogP contribution is 2.26. The van der Waals surface area contributed by atoms with E-state index >= 15 is 0 Å². The lowest BCUT2D eigenvalue weighted by molar-refractivity contribution is -0.126. The second-order valence-electron chi connectivity index (χ2n) is 5.94. The van der Waals surface area contributed by atoms with Gasteiger partial charge in [-0.05, 0) is 41.1 Å². The van der Waals surface area contributed by atoms with Gasteiger partial charge in [0.25, 0.3) is 0 Å². The molecule has 116 valence electrons. The minimum atomic E-state index is -0.126. The van der Waals surface area contributed by atoms with Crippen molar-refractivity contribution < 1.29 is 9.53 Å². The fourth-order valence-electron chi connectivity index (χ4n) is 3.03. The third-order valence-corrected chi connectivity index (χ3v) is 4.34. The zero-order valence-corrected chi connectivity index (χ0v) is 12.7. The van der Waals surface area contributed by atoms with E-state index in [2.05, 4.69) is 22.4 Å². The molecule has 0 fully saturated rings. The summed E-state index contributed by atoms with van der Waals surface area (Å²) in [7, 11) is 0. The summed E-state index contributed by atoms with van der Waals surface area (Å²) in [5, 5.41) is 4.20. The number of H-pyrrole nitrogens is 1. The molecule has 0 bridgehead atoms. The van der Waals surface area contributed by atoms with E-state index < -0.39 is 0 Å². The molecule has 2 aromatic carbocycles. The first-order valence-corrected chi connectivity index (χ1v) is 7.84. The Balaban J connectivity index is 1.40. The first kappa shape index (κ1) is 13.9. The van der Waals surface area contributed by atoms with Crippen LogP contribution in [0, 0.1) is 5.92 Å². The van der Waals surface area contributed by atoms with Gasteiger partial charge in [-0.25, -0.2) is 0 Å². The van der Waals surface area contributed by atoms with Gasteiger partial charge in [0.2, 0.25) is 5.91 Å². The van der Waals surface area contributed by atoms with Crippen molar-refractivity contribution in [2.75, 3.05) is 6.61 Å². The van der Waals surface area contributed by atoms with E-state index in [9.17, 15) is 4.79 Å². The second kappa shape index (κ2) is 5.80. The van der Waals surface area contributed by atoms with Crippen molar-refractivity contribution in [1.82, 2.24) is 10.3 Å². The van der Waals surface area contributed by atoms with E-state index in [-0.39, 0.29) is 11.8 Å². The van der Waals surface area contributed by atoms with Crippen LogP contribution in [0.1, 0.15) is 11.1 Å². The number of benzene rings is 2. The van der Waals surface area contributed by atoms with Gasteiger partial charge in [-0.3, -0.25) is 4.79 Å². The number of amides is 1. The molecule has 0 aliphatic carbocycles. The van der Waals surface area contributed by atoms with Crippen molar-refractivity contribution in [3.63, 3.8) is 0 Å². The topological polar surface area (TPSA) is 54.1 Å². The maximum atomic E-state index is 12.4. The highest BCUT2D eigenvalue weighted by atomic mass is 16.5. The number of carbonyl (C=O) groups excluding carboxylic acids is 1. The molecular weight excluding hydrogens is 288 g/mol. The fraction of sp³-hybridized carbons (Fsp3) is 0.211. The first-order valence-electron chi connectivity index (χ1n) is 7.84.